The summed E-state index contributed by atoms with van der Waals surface area (Å²) < 4.78 is 11.5. The van der Waals surface area contributed by atoms with Gasteiger partial charge < -0.3 is 9.47 Å². The van der Waals surface area contributed by atoms with Crippen molar-refractivity contribution in [2.45, 2.75) is 50.4 Å². The lowest BCUT2D eigenvalue weighted by Crippen LogP contribution is -2.44. The predicted molar refractivity (Wildman–Crippen MR) is 54.3 cm³/mol. The first kappa shape index (κ1) is 9.40. The molecule has 3 aliphatic rings. The van der Waals surface area contributed by atoms with Crippen molar-refractivity contribution in [3.63, 3.8) is 0 Å². The van der Waals surface area contributed by atoms with E-state index in [1.165, 1.54) is 12.5 Å². The molecule has 2 bridgehead atoms. The van der Waals surface area contributed by atoms with Gasteiger partial charge in [-0.3, -0.25) is 4.79 Å². The van der Waals surface area contributed by atoms with E-state index in [9.17, 15) is 4.79 Å². The third kappa shape index (κ3) is 1.41. The highest BCUT2D eigenvalue weighted by molar-refractivity contribution is 5.90. The zero-order chi connectivity index (χ0) is 10.5. The van der Waals surface area contributed by atoms with Crippen LogP contribution in [0.5, 0.6) is 0 Å². The molecule has 3 heterocycles. The van der Waals surface area contributed by atoms with Gasteiger partial charge in [0.15, 0.2) is 5.78 Å². The van der Waals surface area contributed by atoms with Crippen molar-refractivity contribution in [3.05, 3.63) is 12.3 Å². The average molecular weight is 208 g/mol. The highest BCUT2D eigenvalue weighted by Gasteiger charge is 2.51. The van der Waals surface area contributed by atoms with E-state index in [4.69, 9.17) is 9.47 Å². The van der Waals surface area contributed by atoms with Crippen LogP contribution in [0.15, 0.2) is 12.3 Å². The molecule has 0 aliphatic carbocycles. The monoisotopic (exact) mass is 208 g/mol. The number of ether oxygens (including phenoxy) is 2. The fourth-order valence-electron chi connectivity index (χ4n) is 3.21. The SMILES string of the molecule is CC1(C2CC3CCC2O3)CC(=O)C=CO1. The summed E-state index contributed by atoms with van der Waals surface area (Å²) in [4.78, 5) is 11.4. The molecule has 0 saturated carbocycles. The Morgan fingerprint density at radius 2 is 2.33 bits per heavy atom. The van der Waals surface area contributed by atoms with Gasteiger partial charge in [-0.1, -0.05) is 0 Å². The van der Waals surface area contributed by atoms with E-state index in [2.05, 4.69) is 0 Å². The second-order valence-corrected chi connectivity index (χ2v) is 5.09. The summed E-state index contributed by atoms with van der Waals surface area (Å²) >= 11 is 0. The molecule has 0 aromatic heterocycles. The first-order valence-corrected chi connectivity index (χ1v) is 5.70. The Labute approximate surface area is 89.4 Å². The fourth-order valence-corrected chi connectivity index (χ4v) is 3.21. The van der Waals surface area contributed by atoms with Crippen LogP contribution in [0.4, 0.5) is 0 Å². The van der Waals surface area contributed by atoms with Crippen LogP contribution >= 0.6 is 0 Å². The smallest absolute Gasteiger partial charge is 0.162 e. The van der Waals surface area contributed by atoms with E-state index < -0.39 is 0 Å². The molecule has 0 radical (unpaired) electrons. The number of carbonyl (C=O) groups is 1. The lowest BCUT2D eigenvalue weighted by molar-refractivity contribution is -0.126. The van der Waals surface area contributed by atoms with Crippen LogP contribution in [0.2, 0.25) is 0 Å². The Hall–Kier alpha value is -0.830. The summed E-state index contributed by atoms with van der Waals surface area (Å²) in [6, 6.07) is 0. The maximum atomic E-state index is 11.4. The van der Waals surface area contributed by atoms with Crippen LogP contribution in [-0.4, -0.2) is 23.6 Å². The molecular formula is C12H16O3. The zero-order valence-corrected chi connectivity index (χ0v) is 8.94. The highest BCUT2D eigenvalue weighted by atomic mass is 16.5. The molecule has 0 aromatic carbocycles. The van der Waals surface area contributed by atoms with Gasteiger partial charge in [0.2, 0.25) is 0 Å². The Kier molecular flexibility index (Phi) is 1.93. The Morgan fingerprint density at radius 1 is 1.47 bits per heavy atom. The first-order chi connectivity index (χ1) is 7.17. The lowest BCUT2D eigenvalue weighted by atomic mass is 9.75. The molecule has 4 atom stereocenters. The first-order valence-electron chi connectivity index (χ1n) is 5.70. The minimum atomic E-state index is -0.328. The van der Waals surface area contributed by atoms with Crippen molar-refractivity contribution in [2.75, 3.05) is 0 Å². The summed E-state index contributed by atoms with van der Waals surface area (Å²) in [6.07, 6.45) is 7.69. The summed E-state index contributed by atoms with van der Waals surface area (Å²) in [5.41, 5.74) is -0.328. The number of allylic oxidation sites excluding steroid dienone is 1. The number of rotatable bonds is 1. The third-order valence-corrected chi connectivity index (χ3v) is 4.01. The summed E-state index contributed by atoms with van der Waals surface area (Å²) in [5.74, 6) is 0.566. The van der Waals surface area contributed by atoms with E-state index in [0.29, 0.717) is 24.5 Å². The van der Waals surface area contributed by atoms with Crippen molar-refractivity contribution in [1.82, 2.24) is 0 Å². The quantitative estimate of drug-likeness (QED) is 0.659. The normalized spacial score (nSPS) is 48.3. The molecule has 3 rings (SSSR count). The van der Waals surface area contributed by atoms with Crippen LogP contribution in [0.25, 0.3) is 0 Å². The number of hydrogen-bond donors (Lipinski definition) is 0. The molecule has 0 aromatic rings. The topological polar surface area (TPSA) is 35.5 Å². The van der Waals surface area contributed by atoms with Gasteiger partial charge in [-0.2, -0.15) is 0 Å². The predicted octanol–water partition coefficient (Wildman–Crippen LogP) is 1.82. The minimum Gasteiger partial charge on any atom is -0.494 e. The van der Waals surface area contributed by atoms with Gasteiger partial charge in [-0.05, 0) is 26.2 Å². The van der Waals surface area contributed by atoms with Crippen molar-refractivity contribution in [1.29, 1.82) is 0 Å². The van der Waals surface area contributed by atoms with E-state index >= 15 is 0 Å². The maximum Gasteiger partial charge on any atom is 0.162 e. The molecule has 3 nitrogen and oxygen atoms in total. The highest BCUT2D eigenvalue weighted by Crippen LogP contribution is 2.47. The lowest BCUT2D eigenvalue weighted by Gasteiger charge is -2.38. The van der Waals surface area contributed by atoms with E-state index in [1.807, 2.05) is 6.92 Å². The van der Waals surface area contributed by atoms with Gasteiger partial charge in [0.1, 0.15) is 5.60 Å². The van der Waals surface area contributed by atoms with E-state index in [-0.39, 0.29) is 11.4 Å². The standard InChI is InChI=1S/C12H16O3/c1-12(7-8(13)4-5-14-12)10-6-9-2-3-11(10)15-9/h4-5,9-11H,2-3,6-7H2,1H3. The van der Waals surface area contributed by atoms with Crippen LogP contribution in [0, 0.1) is 5.92 Å². The van der Waals surface area contributed by atoms with Crippen LogP contribution in [0.3, 0.4) is 0 Å². The maximum absolute atomic E-state index is 11.4. The van der Waals surface area contributed by atoms with Crippen molar-refractivity contribution >= 4 is 5.78 Å². The second kappa shape index (κ2) is 3.08. The molecule has 15 heavy (non-hydrogen) atoms. The van der Waals surface area contributed by atoms with Gasteiger partial charge in [0, 0.05) is 12.0 Å². The molecular weight excluding hydrogens is 192 g/mol. The van der Waals surface area contributed by atoms with Gasteiger partial charge in [0.05, 0.1) is 24.9 Å². The van der Waals surface area contributed by atoms with E-state index in [1.54, 1.807) is 6.26 Å². The number of ketones is 1. The van der Waals surface area contributed by atoms with Gasteiger partial charge in [0.25, 0.3) is 0 Å². The molecule has 0 amide bonds. The Bertz CT molecular complexity index is 323. The van der Waals surface area contributed by atoms with Crippen LogP contribution in [-0.2, 0) is 14.3 Å². The number of hydrogen-bond acceptors (Lipinski definition) is 3. The van der Waals surface area contributed by atoms with Crippen LogP contribution in [0.1, 0.15) is 32.6 Å². The van der Waals surface area contributed by atoms with Crippen LogP contribution < -0.4 is 0 Å². The second-order valence-electron chi connectivity index (χ2n) is 5.09. The fraction of sp³-hybridized carbons (Fsp3) is 0.750. The van der Waals surface area contributed by atoms with Crippen molar-refractivity contribution in [2.24, 2.45) is 5.92 Å². The summed E-state index contributed by atoms with van der Waals surface area (Å²) in [5, 5.41) is 0. The van der Waals surface area contributed by atoms with E-state index in [0.717, 1.165) is 12.8 Å². The molecule has 2 fully saturated rings. The molecule has 3 aliphatic heterocycles. The van der Waals surface area contributed by atoms with Gasteiger partial charge in [-0.15, -0.1) is 0 Å². The molecule has 82 valence electrons. The number of carbonyl (C=O) groups excluding carboxylic acids is 1. The summed E-state index contributed by atoms with van der Waals surface area (Å²) in [7, 11) is 0. The minimum absolute atomic E-state index is 0.173. The molecule has 2 saturated heterocycles. The Balaban J connectivity index is 1.81. The van der Waals surface area contributed by atoms with Crippen molar-refractivity contribution < 1.29 is 14.3 Å². The Morgan fingerprint density at radius 3 is 2.93 bits per heavy atom. The van der Waals surface area contributed by atoms with Crippen molar-refractivity contribution in [3.8, 4) is 0 Å². The zero-order valence-electron chi connectivity index (χ0n) is 8.94. The third-order valence-electron chi connectivity index (χ3n) is 4.01. The largest absolute Gasteiger partial charge is 0.494 e. The van der Waals surface area contributed by atoms with Gasteiger partial charge in [-0.25, -0.2) is 0 Å². The molecule has 0 N–H and O–H groups in total. The molecule has 0 spiro atoms. The average Bonchev–Trinajstić information content (AvgIpc) is 2.78. The molecule has 3 heteroatoms. The molecule has 4 unspecified atom stereocenters. The summed E-state index contributed by atoms with van der Waals surface area (Å²) in [6.45, 7) is 2.04. The number of fused-ring (bicyclic) bond motifs is 2. The van der Waals surface area contributed by atoms with Gasteiger partial charge >= 0.3 is 0 Å².